The van der Waals surface area contributed by atoms with Crippen molar-refractivity contribution in [3.8, 4) is 0 Å². The topological polar surface area (TPSA) is 179 Å². The average molecular weight is 440 g/mol. The first-order valence-electron chi connectivity index (χ1n) is 10.3. The lowest BCUT2D eigenvalue weighted by Gasteiger charge is -2.41. The minimum Gasteiger partial charge on any atom is -0.393 e. The van der Waals surface area contributed by atoms with Crippen LogP contribution in [0, 0.1) is 5.92 Å². The highest BCUT2D eigenvalue weighted by molar-refractivity contribution is 4.94. The van der Waals surface area contributed by atoms with Gasteiger partial charge in [-0.1, -0.05) is 20.8 Å². The van der Waals surface area contributed by atoms with Gasteiger partial charge in [0.15, 0.2) is 12.6 Å². The summed E-state index contributed by atoms with van der Waals surface area (Å²) in [5.41, 5.74) is -2.80. The van der Waals surface area contributed by atoms with Gasteiger partial charge < -0.3 is 54.7 Å². The molecule has 0 spiro atoms. The zero-order chi connectivity index (χ0) is 22.7. The molecule has 0 amide bonds. The molecular weight excluding hydrogens is 404 g/mol. The van der Waals surface area contributed by atoms with Crippen molar-refractivity contribution in [3.05, 3.63) is 0 Å². The second-order valence-electron chi connectivity index (χ2n) is 8.47. The SMILES string of the molecule is CCC(O)(CCOC1OC(COC2OCC(O)(CO)C2O)C(O)C(O)C1O)C(C)C. The van der Waals surface area contributed by atoms with Crippen LogP contribution in [0.2, 0.25) is 0 Å². The molecule has 178 valence electrons. The van der Waals surface area contributed by atoms with E-state index < -0.39 is 60.9 Å². The number of rotatable bonds is 10. The minimum absolute atomic E-state index is 0.00716. The van der Waals surface area contributed by atoms with Gasteiger partial charge in [0.25, 0.3) is 0 Å². The quantitative estimate of drug-likeness (QED) is 0.190. The second kappa shape index (κ2) is 10.5. The number of ether oxygens (including phenoxy) is 4. The van der Waals surface area contributed by atoms with Crippen molar-refractivity contribution in [2.45, 2.75) is 87.9 Å². The van der Waals surface area contributed by atoms with E-state index in [0.29, 0.717) is 6.42 Å². The van der Waals surface area contributed by atoms with E-state index in [1.54, 1.807) is 0 Å². The molecule has 2 heterocycles. The maximum atomic E-state index is 10.6. The monoisotopic (exact) mass is 440 g/mol. The van der Waals surface area contributed by atoms with E-state index in [-0.39, 0.29) is 32.2 Å². The Morgan fingerprint density at radius 3 is 2.27 bits per heavy atom. The summed E-state index contributed by atoms with van der Waals surface area (Å²) in [5.74, 6) is -0.00716. The van der Waals surface area contributed by atoms with E-state index >= 15 is 0 Å². The predicted molar refractivity (Wildman–Crippen MR) is 101 cm³/mol. The molecule has 7 N–H and O–H groups in total. The van der Waals surface area contributed by atoms with Crippen LogP contribution in [0.4, 0.5) is 0 Å². The number of aliphatic hydroxyl groups excluding tert-OH is 5. The Kier molecular flexibility index (Phi) is 8.99. The molecule has 0 radical (unpaired) electrons. The third-order valence-corrected chi connectivity index (χ3v) is 6.18. The molecule has 0 saturated carbocycles. The van der Waals surface area contributed by atoms with Crippen molar-refractivity contribution >= 4 is 0 Å². The standard InChI is InChI=1S/C19H36O11/c1-4-18(25,10(2)3)5-6-27-16-14(23)13(22)12(21)11(30-16)7-28-17-15(24)19(26,8-20)9-29-17/h10-17,20-26H,4-9H2,1-3H3. The lowest BCUT2D eigenvalue weighted by Crippen LogP contribution is -2.59. The Bertz CT molecular complexity index is 535. The van der Waals surface area contributed by atoms with Gasteiger partial charge in [0.1, 0.15) is 36.1 Å². The highest BCUT2D eigenvalue weighted by atomic mass is 16.7. The zero-order valence-corrected chi connectivity index (χ0v) is 17.6. The third-order valence-electron chi connectivity index (χ3n) is 6.18. The molecule has 0 aliphatic carbocycles. The maximum absolute atomic E-state index is 10.6. The molecule has 9 unspecified atom stereocenters. The highest BCUT2D eigenvalue weighted by Crippen LogP contribution is 2.29. The van der Waals surface area contributed by atoms with Crippen LogP contribution in [-0.4, -0.2) is 116 Å². The fourth-order valence-electron chi connectivity index (χ4n) is 3.54. The van der Waals surface area contributed by atoms with E-state index in [2.05, 4.69) is 0 Å². The van der Waals surface area contributed by atoms with Gasteiger partial charge >= 0.3 is 0 Å². The molecule has 0 aromatic rings. The third kappa shape index (κ3) is 5.48. The first kappa shape index (κ1) is 25.8. The highest BCUT2D eigenvalue weighted by Gasteiger charge is 2.50. The molecule has 11 nitrogen and oxygen atoms in total. The molecule has 2 aliphatic heterocycles. The average Bonchev–Trinajstić information content (AvgIpc) is 3.01. The van der Waals surface area contributed by atoms with Gasteiger partial charge in [-0.25, -0.2) is 0 Å². The molecule has 30 heavy (non-hydrogen) atoms. The van der Waals surface area contributed by atoms with Gasteiger partial charge in [-0.2, -0.15) is 0 Å². The van der Waals surface area contributed by atoms with Crippen LogP contribution in [0.25, 0.3) is 0 Å². The fourth-order valence-corrected chi connectivity index (χ4v) is 3.54. The summed E-state index contributed by atoms with van der Waals surface area (Å²) in [6.45, 7) is 4.27. The Morgan fingerprint density at radius 1 is 1.07 bits per heavy atom. The molecule has 9 atom stereocenters. The van der Waals surface area contributed by atoms with Crippen LogP contribution < -0.4 is 0 Å². The van der Waals surface area contributed by atoms with Crippen molar-refractivity contribution in [1.29, 1.82) is 0 Å². The van der Waals surface area contributed by atoms with Crippen molar-refractivity contribution in [1.82, 2.24) is 0 Å². The zero-order valence-electron chi connectivity index (χ0n) is 17.6. The number of hydrogen-bond donors (Lipinski definition) is 7. The van der Waals surface area contributed by atoms with Gasteiger partial charge in [-0.3, -0.25) is 0 Å². The fraction of sp³-hybridized carbons (Fsp3) is 1.00. The van der Waals surface area contributed by atoms with Gasteiger partial charge in [0.2, 0.25) is 0 Å². The summed E-state index contributed by atoms with van der Waals surface area (Å²) in [7, 11) is 0. The summed E-state index contributed by atoms with van der Waals surface area (Å²) in [4.78, 5) is 0. The van der Waals surface area contributed by atoms with Crippen LogP contribution in [0.15, 0.2) is 0 Å². The first-order valence-corrected chi connectivity index (χ1v) is 10.3. The molecule has 0 aromatic heterocycles. The largest absolute Gasteiger partial charge is 0.393 e. The first-order chi connectivity index (χ1) is 14.0. The van der Waals surface area contributed by atoms with Crippen LogP contribution in [0.3, 0.4) is 0 Å². The summed E-state index contributed by atoms with van der Waals surface area (Å²) < 4.78 is 21.5. The summed E-state index contributed by atoms with van der Waals surface area (Å²) in [6, 6.07) is 0. The van der Waals surface area contributed by atoms with E-state index in [9.17, 15) is 30.6 Å². The molecule has 0 aromatic carbocycles. The summed E-state index contributed by atoms with van der Waals surface area (Å²) >= 11 is 0. The van der Waals surface area contributed by atoms with Crippen LogP contribution in [-0.2, 0) is 18.9 Å². The Morgan fingerprint density at radius 2 is 1.73 bits per heavy atom. The van der Waals surface area contributed by atoms with Crippen molar-refractivity contribution in [2.75, 3.05) is 26.4 Å². The number of hydrogen-bond acceptors (Lipinski definition) is 11. The van der Waals surface area contributed by atoms with E-state index in [1.807, 2.05) is 20.8 Å². The van der Waals surface area contributed by atoms with Crippen molar-refractivity contribution in [2.24, 2.45) is 5.92 Å². The molecule has 2 aliphatic rings. The van der Waals surface area contributed by atoms with Crippen LogP contribution in [0.5, 0.6) is 0 Å². The second-order valence-corrected chi connectivity index (χ2v) is 8.47. The smallest absolute Gasteiger partial charge is 0.186 e. The van der Waals surface area contributed by atoms with Crippen LogP contribution >= 0.6 is 0 Å². The molecule has 2 rings (SSSR count). The van der Waals surface area contributed by atoms with Gasteiger partial charge in [0.05, 0.1) is 32.0 Å². The van der Waals surface area contributed by atoms with E-state index in [0.717, 1.165) is 0 Å². The molecular formula is C19H36O11. The Hall–Kier alpha value is -0.440. The minimum atomic E-state index is -1.86. The molecule has 0 bridgehead atoms. The summed E-state index contributed by atoms with van der Waals surface area (Å²) in [6.07, 6.45) is -8.97. The molecule has 2 fully saturated rings. The molecule has 11 heteroatoms. The Balaban J connectivity index is 1.91. The van der Waals surface area contributed by atoms with Gasteiger partial charge in [0, 0.05) is 0 Å². The van der Waals surface area contributed by atoms with E-state index in [1.165, 1.54) is 0 Å². The maximum Gasteiger partial charge on any atom is 0.186 e. The van der Waals surface area contributed by atoms with E-state index in [4.69, 9.17) is 24.1 Å². The normalized spacial score (nSPS) is 41.9. The number of aliphatic hydroxyl groups is 7. The van der Waals surface area contributed by atoms with Gasteiger partial charge in [-0.05, 0) is 18.8 Å². The lowest BCUT2D eigenvalue weighted by atomic mass is 9.85. The van der Waals surface area contributed by atoms with Crippen LogP contribution in [0.1, 0.15) is 33.6 Å². The van der Waals surface area contributed by atoms with Crippen molar-refractivity contribution < 1.29 is 54.7 Å². The molecule has 2 saturated heterocycles. The van der Waals surface area contributed by atoms with Crippen molar-refractivity contribution in [3.63, 3.8) is 0 Å². The predicted octanol–water partition coefficient (Wildman–Crippen LogP) is -2.54. The van der Waals surface area contributed by atoms with Gasteiger partial charge in [-0.15, -0.1) is 0 Å². The summed E-state index contributed by atoms with van der Waals surface area (Å²) in [5, 5.41) is 70.2. The lowest BCUT2D eigenvalue weighted by molar-refractivity contribution is -0.311. The Labute approximate surface area is 175 Å².